The van der Waals surface area contributed by atoms with Crippen LogP contribution in [-0.2, 0) is 0 Å². The molecular formula is C51H42N2. The summed E-state index contributed by atoms with van der Waals surface area (Å²) in [5, 5.41) is 4.76. The van der Waals surface area contributed by atoms with Crippen molar-refractivity contribution < 1.29 is 0 Å². The Morgan fingerprint density at radius 1 is 0.736 bits per heavy atom. The molecule has 0 aliphatic heterocycles. The van der Waals surface area contributed by atoms with Crippen LogP contribution in [0.25, 0.3) is 66.6 Å². The van der Waals surface area contributed by atoms with Crippen molar-refractivity contribution in [2.45, 2.75) is 19.8 Å². The number of nitrogen functional groups attached to an aromatic ring is 1. The Morgan fingerprint density at radius 3 is 2.30 bits per heavy atom. The van der Waals surface area contributed by atoms with Gasteiger partial charge in [-0.05, 0) is 87.4 Å². The van der Waals surface area contributed by atoms with E-state index in [9.17, 15) is 0 Å². The summed E-state index contributed by atoms with van der Waals surface area (Å²) in [6.07, 6.45) is 23.0. The Morgan fingerprint density at radius 2 is 1.49 bits per heavy atom. The minimum atomic E-state index is 0.798. The zero-order chi connectivity index (χ0) is 36.1. The molecule has 2 N–H and O–H groups in total. The van der Waals surface area contributed by atoms with Crippen molar-refractivity contribution in [1.29, 1.82) is 0 Å². The van der Waals surface area contributed by atoms with Gasteiger partial charge in [0.1, 0.15) is 0 Å². The maximum Gasteiger partial charge on any atom is 0.0547 e. The molecule has 0 spiro atoms. The minimum absolute atomic E-state index is 0.798. The van der Waals surface area contributed by atoms with Crippen LogP contribution >= 0.6 is 0 Å². The topological polar surface area (TPSA) is 30.9 Å². The van der Waals surface area contributed by atoms with Crippen molar-refractivity contribution >= 4 is 55.5 Å². The Kier molecular flexibility index (Phi) is 9.43. The third-order valence-electron chi connectivity index (χ3n) is 10.1. The molecule has 8 rings (SSSR count). The normalized spacial score (nSPS) is 13.6. The maximum absolute atomic E-state index is 7.34. The van der Waals surface area contributed by atoms with E-state index in [2.05, 4.69) is 182 Å². The maximum atomic E-state index is 7.34. The number of anilines is 1. The van der Waals surface area contributed by atoms with Crippen LogP contribution in [0.1, 0.15) is 36.5 Å². The van der Waals surface area contributed by atoms with Gasteiger partial charge in [-0.2, -0.15) is 0 Å². The molecule has 0 saturated carbocycles. The number of nitrogens with two attached hydrogens (primary N) is 1. The Balaban J connectivity index is 1.27. The molecule has 0 atom stereocenters. The summed E-state index contributed by atoms with van der Waals surface area (Å²) in [5.74, 6) is 0. The quantitative estimate of drug-likeness (QED) is 0.113. The molecule has 2 nitrogen and oxygen atoms in total. The molecule has 1 aromatic heterocycles. The number of allylic oxidation sites excluding steroid dienone is 12. The molecule has 0 unspecified atom stereocenters. The highest BCUT2D eigenvalue weighted by molar-refractivity contribution is 6.13. The minimum Gasteiger partial charge on any atom is -0.398 e. The average molecular weight is 683 g/mol. The van der Waals surface area contributed by atoms with Crippen molar-refractivity contribution in [2.24, 2.45) is 0 Å². The number of fused-ring (bicyclic) bond motifs is 4. The molecule has 1 heterocycles. The standard InChI is InChI=1S/C51H42N2/c1-3-5-6-8-17-36-26-31-42(32-27-36)53-48-25-14-13-23-45(48)46-33-30-41(35-49(46)53)50-44-22-12-11-20-40(44)34-47(51(50)52)43-24-15-21-39(43)29-28-37(16-4-2)38-18-9-7-10-19-38/h3,5-20,22-35H,1,4,21,52H2,2H3/b6-5-,17-8?,29-28-,37-16+. The molecule has 0 radical (unpaired) electrons. The van der Waals surface area contributed by atoms with Gasteiger partial charge in [-0.1, -0.05) is 171 Å². The van der Waals surface area contributed by atoms with Crippen molar-refractivity contribution in [1.82, 2.24) is 4.57 Å². The van der Waals surface area contributed by atoms with Crippen LogP contribution in [0.15, 0.2) is 194 Å². The molecule has 0 saturated heterocycles. The Hall–Kier alpha value is -6.64. The van der Waals surface area contributed by atoms with Crippen molar-refractivity contribution in [3.8, 4) is 16.8 Å². The number of para-hydroxylation sites is 1. The largest absolute Gasteiger partial charge is 0.398 e. The number of benzene rings is 6. The molecule has 1 aliphatic rings. The molecule has 0 bridgehead atoms. The summed E-state index contributed by atoms with van der Waals surface area (Å²) in [6.45, 7) is 5.94. The van der Waals surface area contributed by atoms with Crippen LogP contribution in [0, 0.1) is 0 Å². The van der Waals surface area contributed by atoms with E-state index in [1.165, 1.54) is 44.0 Å². The lowest BCUT2D eigenvalue weighted by Crippen LogP contribution is -1.99. The van der Waals surface area contributed by atoms with Crippen molar-refractivity contribution in [2.75, 3.05) is 5.73 Å². The second kappa shape index (κ2) is 14.9. The van der Waals surface area contributed by atoms with E-state index in [0.717, 1.165) is 57.4 Å². The van der Waals surface area contributed by atoms with Gasteiger partial charge >= 0.3 is 0 Å². The van der Waals surface area contributed by atoms with Crippen LogP contribution in [-0.4, -0.2) is 4.57 Å². The summed E-state index contributed by atoms with van der Waals surface area (Å²) in [5.41, 5.74) is 20.8. The number of nitrogens with zero attached hydrogens (tertiary/aromatic N) is 1. The molecule has 53 heavy (non-hydrogen) atoms. The highest BCUT2D eigenvalue weighted by Crippen LogP contribution is 2.44. The zero-order valence-corrected chi connectivity index (χ0v) is 30.0. The summed E-state index contributed by atoms with van der Waals surface area (Å²) in [7, 11) is 0. The first-order valence-electron chi connectivity index (χ1n) is 18.4. The van der Waals surface area contributed by atoms with Crippen LogP contribution in [0.5, 0.6) is 0 Å². The number of rotatable bonds is 10. The van der Waals surface area contributed by atoms with E-state index in [1.807, 2.05) is 18.2 Å². The van der Waals surface area contributed by atoms with Gasteiger partial charge in [-0.3, -0.25) is 0 Å². The SMILES string of the molecule is C=C/C=C\C=Cc1ccc(-n2c3ccccc3c3ccc(-c4c(N)c(C5=C(/C=C\C(=C/CC)c6ccccc6)CC=C5)cc5ccccc45)cc32)cc1. The number of hydrogen-bond donors (Lipinski definition) is 1. The molecule has 7 aromatic rings. The van der Waals surface area contributed by atoms with Gasteiger partial charge in [-0.25, -0.2) is 0 Å². The predicted octanol–water partition coefficient (Wildman–Crippen LogP) is 13.7. The van der Waals surface area contributed by atoms with E-state index in [0.29, 0.717) is 0 Å². The highest BCUT2D eigenvalue weighted by Gasteiger charge is 2.20. The van der Waals surface area contributed by atoms with E-state index in [1.54, 1.807) is 6.08 Å². The first-order valence-corrected chi connectivity index (χ1v) is 18.4. The van der Waals surface area contributed by atoms with Crippen LogP contribution < -0.4 is 5.73 Å². The van der Waals surface area contributed by atoms with E-state index in [-0.39, 0.29) is 0 Å². The summed E-state index contributed by atoms with van der Waals surface area (Å²) in [6, 6.07) is 45.7. The first kappa shape index (κ1) is 33.5. The molecule has 1 aliphatic carbocycles. The fourth-order valence-corrected chi connectivity index (χ4v) is 7.61. The molecule has 2 heteroatoms. The lowest BCUT2D eigenvalue weighted by Gasteiger charge is -2.17. The van der Waals surface area contributed by atoms with E-state index < -0.39 is 0 Å². The molecular weight excluding hydrogens is 641 g/mol. The monoisotopic (exact) mass is 682 g/mol. The van der Waals surface area contributed by atoms with Crippen LogP contribution in [0.3, 0.4) is 0 Å². The second-order valence-corrected chi connectivity index (χ2v) is 13.4. The van der Waals surface area contributed by atoms with Gasteiger partial charge in [0, 0.05) is 33.3 Å². The van der Waals surface area contributed by atoms with Gasteiger partial charge in [0.15, 0.2) is 0 Å². The van der Waals surface area contributed by atoms with Crippen LogP contribution in [0.2, 0.25) is 0 Å². The van der Waals surface area contributed by atoms with Crippen molar-refractivity contribution in [3.63, 3.8) is 0 Å². The summed E-state index contributed by atoms with van der Waals surface area (Å²) >= 11 is 0. The molecule has 6 aromatic carbocycles. The lowest BCUT2D eigenvalue weighted by atomic mass is 9.89. The van der Waals surface area contributed by atoms with Gasteiger partial charge in [0.2, 0.25) is 0 Å². The molecule has 0 amide bonds. The van der Waals surface area contributed by atoms with Gasteiger partial charge in [0.05, 0.1) is 11.0 Å². The van der Waals surface area contributed by atoms with Gasteiger partial charge < -0.3 is 10.3 Å². The van der Waals surface area contributed by atoms with E-state index in [4.69, 9.17) is 5.73 Å². The number of hydrogen-bond acceptors (Lipinski definition) is 1. The summed E-state index contributed by atoms with van der Waals surface area (Å²) < 4.78 is 2.38. The molecule has 256 valence electrons. The smallest absolute Gasteiger partial charge is 0.0547 e. The predicted molar refractivity (Wildman–Crippen MR) is 231 cm³/mol. The third kappa shape index (κ3) is 6.52. The number of aromatic nitrogens is 1. The summed E-state index contributed by atoms with van der Waals surface area (Å²) in [4.78, 5) is 0. The fourth-order valence-electron chi connectivity index (χ4n) is 7.61. The first-order chi connectivity index (χ1) is 26.1. The fraction of sp³-hybridized carbons (Fsp3) is 0.0588. The third-order valence-corrected chi connectivity index (χ3v) is 10.1. The van der Waals surface area contributed by atoms with Crippen LogP contribution in [0.4, 0.5) is 5.69 Å². The van der Waals surface area contributed by atoms with Gasteiger partial charge in [-0.15, -0.1) is 0 Å². The molecule has 0 fully saturated rings. The van der Waals surface area contributed by atoms with Crippen molar-refractivity contribution in [3.05, 3.63) is 211 Å². The highest BCUT2D eigenvalue weighted by atomic mass is 15.0. The lowest BCUT2D eigenvalue weighted by molar-refractivity contribution is 1.18. The Bertz CT molecular complexity index is 2670. The van der Waals surface area contributed by atoms with E-state index >= 15 is 0 Å². The Labute approximate surface area is 312 Å². The zero-order valence-electron chi connectivity index (χ0n) is 30.0. The average Bonchev–Trinajstić information content (AvgIpc) is 3.80. The second-order valence-electron chi connectivity index (χ2n) is 13.4. The van der Waals surface area contributed by atoms with Gasteiger partial charge in [0.25, 0.3) is 0 Å².